The van der Waals surface area contributed by atoms with E-state index in [1.54, 1.807) is 0 Å². The number of piperidine rings is 1. The highest BCUT2D eigenvalue weighted by Crippen LogP contribution is 2.25. The molecular weight excluding hydrogens is 372 g/mol. The molecule has 0 saturated carbocycles. The molecule has 1 heterocycles. The van der Waals surface area contributed by atoms with E-state index >= 15 is 0 Å². The lowest BCUT2D eigenvalue weighted by Gasteiger charge is -2.33. The first-order chi connectivity index (χ1) is 14.5. The van der Waals surface area contributed by atoms with E-state index in [0.717, 1.165) is 36.7 Å². The monoisotopic (exact) mass is 408 g/mol. The van der Waals surface area contributed by atoms with Crippen LogP contribution in [-0.2, 0) is 11.2 Å². The summed E-state index contributed by atoms with van der Waals surface area (Å²) in [6.07, 6.45) is 3.70. The number of aryl methyl sites for hydroxylation is 1. The van der Waals surface area contributed by atoms with Gasteiger partial charge in [0.2, 0.25) is 0 Å². The minimum atomic E-state index is -0.492. The number of carbonyl (C=O) groups excluding carboxylic acids is 1. The molecule has 1 aliphatic rings. The van der Waals surface area contributed by atoms with Gasteiger partial charge in [0.25, 0.3) is 5.91 Å². The predicted molar refractivity (Wildman–Crippen MR) is 124 cm³/mol. The van der Waals surface area contributed by atoms with Crippen LogP contribution in [0, 0.1) is 5.92 Å². The van der Waals surface area contributed by atoms with Gasteiger partial charge in [0.05, 0.1) is 6.04 Å². The molecule has 1 aliphatic heterocycles. The molecule has 1 saturated heterocycles. The van der Waals surface area contributed by atoms with Crippen molar-refractivity contribution in [3.05, 3.63) is 59.7 Å². The number of nitrogens with one attached hydrogen (secondary N) is 1. The molecule has 3 atom stereocenters. The summed E-state index contributed by atoms with van der Waals surface area (Å²) < 4.78 is 5.95. The summed E-state index contributed by atoms with van der Waals surface area (Å²) in [4.78, 5) is 15.3. The Hall–Kier alpha value is -2.49. The van der Waals surface area contributed by atoms with Crippen molar-refractivity contribution in [3.63, 3.8) is 0 Å². The molecule has 1 amide bonds. The van der Waals surface area contributed by atoms with E-state index in [9.17, 15) is 4.79 Å². The van der Waals surface area contributed by atoms with Gasteiger partial charge >= 0.3 is 0 Å². The van der Waals surface area contributed by atoms with E-state index in [2.05, 4.69) is 48.3 Å². The van der Waals surface area contributed by atoms with Crippen LogP contribution in [0.5, 0.6) is 5.75 Å². The zero-order valence-electron chi connectivity index (χ0n) is 18.9. The maximum atomic E-state index is 12.8. The van der Waals surface area contributed by atoms with Crippen LogP contribution >= 0.6 is 0 Å². The third-order valence-electron chi connectivity index (χ3n) is 6.05. The zero-order valence-corrected chi connectivity index (χ0v) is 18.9. The maximum Gasteiger partial charge on any atom is 0.261 e. The van der Waals surface area contributed by atoms with Gasteiger partial charge in [-0.05, 0) is 73.9 Å². The van der Waals surface area contributed by atoms with Crippen LogP contribution in [0.2, 0.25) is 0 Å². The second-order valence-electron chi connectivity index (χ2n) is 8.53. The summed E-state index contributed by atoms with van der Waals surface area (Å²) in [6.45, 7) is 10.7. The number of amides is 1. The first-order valence-electron chi connectivity index (χ1n) is 11.4. The quantitative estimate of drug-likeness (QED) is 0.625. The molecule has 0 aliphatic carbocycles. The van der Waals surface area contributed by atoms with Gasteiger partial charge in [0, 0.05) is 18.8 Å². The van der Waals surface area contributed by atoms with Crippen LogP contribution in [0.1, 0.15) is 64.1 Å². The summed E-state index contributed by atoms with van der Waals surface area (Å²) >= 11 is 0. The number of nitrogens with zero attached hydrogens (tertiary/aromatic N) is 1. The Bertz CT molecular complexity index is 801. The van der Waals surface area contributed by atoms with E-state index in [0.29, 0.717) is 6.42 Å². The first-order valence-corrected chi connectivity index (χ1v) is 11.4. The molecule has 0 unspecified atom stereocenters. The number of hydrogen-bond donors (Lipinski definition) is 1. The van der Waals surface area contributed by atoms with Crippen molar-refractivity contribution in [2.75, 3.05) is 18.0 Å². The summed E-state index contributed by atoms with van der Waals surface area (Å²) in [7, 11) is 0. The van der Waals surface area contributed by atoms with Gasteiger partial charge in [-0.1, -0.05) is 45.0 Å². The normalized spacial score (nSPS) is 18.5. The maximum absolute atomic E-state index is 12.8. The van der Waals surface area contributed by atoms with Crippen molar-refractivity contribution >= 4 is 11.6 Å². The van der Waals surface area contributed by atoms with Crippen molar-refractivity contribution in [2.45, 2.75) is 65.5 Å². The smallest absolute Gasteiger partial charge is 0.261 e. The lowest BCUT2D eigenvalue weighted by atomic mass is 9.99. The van der Waals surface area contributed by atoms with Gasteiger partial charge in [-0.2, -0.15) is 0 Å². The Kier molecular flexibility index (Phi) is 7.78. The summed E-state index contributed by atoms with van der Waals surface area (Å²) in [6, 6.07) is 16.5. The van der Waals surface area contributed by atoms with Crippen molar-refractivity contribution in [1.82, 2.24) is 5.32 Å². The van der Waals surface area contributed by atoms with Crippen molar-refractivity contribution < 1.29 is 9.53 Å². The largest absolute Gasteiger partial charge is 0.481 e. The molecule has 4 nitrogen and oxygen atoms in total. The Morgan fingerprint density at radius 2 is 1.83 bits per heavy atom. The molecule has 1 fully saturated rings. The molecule has 3 rings (SSSR count). The van der Waals surface area contributed by atoms with E-state index in [1.807, 2.05) is 38.1 Å². The Labute approximate surface area is 181 Å². The van der Waals surface area contributed by atoms with Crippen LogP contribution in [-0.4, -0.2) is 25.1 Å². The lowest BCUT2D eigenvalue weighted by molar-refractivity contribution is -0.128. The van der Waals surface area contributed by atoms with Crippen LogP contribution in [0.3, 0.4) is 0 Å². The van der Waals surface area contributed by atoms with Crippen molar-refractivity contribution in [2.24, 2.45) is 5.92 Å². The van der Waals surface area contributed by atoms with Crippen molar-refractivity contribution in [3.8, 4) is 5.75 Å². The van der Waals surface area contributed by atoms with Crippen LogP contribution in [0.4, 0.5) is 5.69 Å². The number of hydrogen-bond acceptors (Lipinski definition) is 3. The molecule has 162 valence electrons. The van der Waals surface area contributed by atoms with Gasteiger partial charge in [0.15, 0.2) is 6.10 Å². The van der Waals surface area contributed by atoms with Crippen LogP contribution < -0.4 is 15.0 Å². The van der Waals surface area contributed by atoms with Gasteiger partial charge in [-0.15, -0.1) is 0 Å². The second-order valence-corrected chi connectivity index (χ2v) is 8.53. The first kappa shape index (κ1) is 22.2. The lowest BCUT2D eigenvalue weighted by Crippen LogP contribution is -2.39. The predicted octanol–water partition coefficient (Wildman–Crippen LogP) is 5.52. The SMILES string of the molecule is CCc1ccc(O[C@H](CC)C(=O)N[C@@H](C)c2ccc(N3CCC[C@H](C)C3)cc2)cc1. The summed E-state index contributed by atoms with van der Waals surface area (Å²) in [5, 5.41) is 3.12. The highest BCUT2D eigenvalue weighted by Gasteiger charge is 2.21. The summed E-state index contributed by atoms with van der Waals surface area (Å²) in [5.74, 6) is 1.42. The Balaban J connectivity index is 1.57. The van der Waals surface area contributed by atoms with E-state index < -0.39 is 6.10 Å². The third kappa shape index (κ3) is 5.78. The standard InChI is InChI=1S/C26H36N2O2/c1-5-21-9-15-24(16-10-21)30-25(6-2)26(29)27-20(4)22-11-13-23(14-12-22)28-17-7-8-19(3)18-28/h9-16,19-20,25H,5-8,17-18H2,1-4H3,(H,27,29)/t19-,20-,25+/m0/s1. The number of anilines is 1. The number of ether oxygens (including phenoxy) is 1. The van der Waals surface area contributed by atoms with Gasteiger partial charge < -0.3 is 15.0 Å². The molecule has 0 radical (unpaired) electrons. The number of benzene rings is 2. The van der Waals surface area contributed by atoms with Crippen molar-refractivity contribution in [1.29, 1.82) is 0 Å². The Morgan fingerprint density at radius 3 is 2.43 bits per heavy atom. The fraction of sp³-hybridized carbons (Fsp3) is 0.500. The van der Waals surface area contributed by atoms with E-state index in [4.69, 9.17) is 4.74 Å². The molecule has 0 spiro atoms. The molecule has 2 aromatic rings. The molecule has 30 heavy (non-hydrogen) atoms. The third-order valence-corrected chi connectivity index (χ3v) is 6.05. The van der Waals surface area contributed by atoms with Gasteiger partial charge in [-0.25, -0.2) is 0 Å². The zero-order chi connectivity index (χ0) is 21.5. The minimum absolute atomic E-state index is 0.0630. The summed E-state index contributed by atoms with van der Waals surface area (Å²) in [5.41, 5.74) is 3.64. The average molecular weight is 409 g/mol. The Morgan fingerprint density at radius 1 is 1.13 bits per heavy atom. The molecule has 1 N–H and O–H groups in total. The minimum Gasteiger partial charge on any atom is -0.481 e. The molecular formula is C26H36N2O2. The number of carbonyl (C=O) groups is 1. The second kappa shape index (κ2) is 10.5. The van der Waals surface area contributed by atoms with Gasteiger partial charge in [0.1, 0.15) is 5.75 Å². The van der Waals surface area contributed by atoms with E-state index in [1.165, 1.54) is 24.1 Å². The fourth-order valence-electron chi connectivity index (χ4n) is 4.08. The molecule has 2 aromatic carbocycles. The molecule has 0 aromatic heterocycles. The highest BCUT2D eigenvalue weighted by atomic mass is 16.5. The van der Waals surface area contributed by atoms with Gasteiger partial charge in [-0.3, -0.25) is 4.79 Å². The highest BCUT2D eigenvalue weighted by molar-refractivity contribution is 5.81. The number of rotatable bonds is 8. The topological polar surface area (TPSA) is 41.6 Å². The van der Waals surface area contributed by atoms with Crippen LogP contribution in [0.15, 0.2) is 48.5 Å². The average Bonchev–Trinajstić information content (AvgIpc) is 2.77. The fourth-order valence-corrected chi connectivity index (χ4v) is 4.08. The molecule has 0 bridgehead atoms. The van der Waals surface area contributed by atoms with E-state index in [-0.39, 0.29) is 11.9 Å². The van der Waals surface area contributed by atoms with Crippen LogP contribution in [0.25, 0.3) is 0 Å². The molecule has 4 heteroatoms.